The predicted molar refractivity (Wildman–Crippen MR) is 112 cm³/mol. The summed E-state index contributed by atoms with van der Waals surface area (Å²) in [5.41, 5.74) is 3.10. The minimum Gasteiger partial charge on any atom is -0.454 e. The first kappa shape index (κ1) is 20.3. The zero-order chi connectivity index (χ0) is 21.4. The molecule has 0 amide bonds. The first-order chi connectivity index (χ1) is 14.3. The van der Waals surface area contributed by atoms with Crippen molar-refractivity contribution in [3.05, 3.63) is 75.0 Å². The molecule has 0 aliphatic carbocycles. The fourth-order valence-electron chi connectivity index (χ4n) is 3.38. The van der Waals surface area contributed by atoms with Crippen LogP contribution in [0.15, 0.2) is 42.5 Å². The fraction of sp³-hybridized carbons (Fsp3) is 0.182. The van der Waals surface area contributed by atoms with Gasteiger partial charge in [-0.05, 0) is 56.3 Å². The predicted octanol–water partition coefficient (Wildman–Crippen LogP) is 5.17. The number of aromatic nitrogens is 1. The van der Waals surface area contributed by atoms with Gasteiger partial charge in [0, 0.05) is 22.6 Å². The number of ether oxygens (including phenoxy) is 3. The molecular formula is C22H17Cl2NO5. The fourth-order valence-corrected chi connectivity index (χ4v) is 3.67. The summed E-state index contributed by atoms with van der Waals surface area (Å²) in [5.74, 6) is 0.127. The number of ketones is 1. The van der Waals surface area contributed by atoms with Gasteiger partial charge in [-0.2, -0.15) is 0 Å². The highest BCUT2D eigenvalue weighted by Gasteiger charge is 2.21. The van der Waals surface area contributed by atoms with Crippen molar-refractivity contribution in [3.63, 3.8) is 0 Å². The molecule has 0 radical (unpaired) electrons. The van der Waals surface area contributed by atoms with Gasteiger partial charge in [0.15, 0.2) is 18.1 Å². The van der Waals surface area contributed by atoms with Crippen molar-refractivity contribution in [1.82, 2.24) is 4.57 Å². The summed E-state index contributed by atoms with van der Waals surface area (Å²) >= 11 is 12.1. The third-order valence-corrected chi connectivity index (χ3v) is 5.57. The highest BCUT2D eigenvalue weighted by atomic mass is 35.5. The van der Waals surface area contributed by atoms with Gasteiger partial charge in [-0.3, -0.25) is 4.79 Å². The highest BCUT2D eigenvalue weighted by Crippen LogP contribution is 2.33. The van der Waals surface area contributed by atoms with Crippen molar-refractivity contribution in [3.8, 4) is 17.2 Å². The third-order valence-electron chi connectivity index (χ3n) is 4.84. The van der Waals surface area contributed by atoms with Gasteiger partial charge in [0.2, 0.25) is 12.6 Å². The molecular weight excluding hydrogens is 429 g/mol. The summed E-state index contributed by atoms with van der Waals surface area (Å²) in [6.07, 6.45) is 0. The standard InChI is InChI=1S/C22H17Cl2NO5/c1-12-7-16(13(2)25(12)15-4-5-17(23)18(24)9-15)19(26)10-28-22(27)14-3-6-20-21(8-14)30-11-29-20/h3-9H,10-11H2,1-2H3. The van der Waals surface area contributed by atoms with Crippen LogP contribution in [-0.2, 0) is 4.74 Å². The number of esters is 1. The van der Waals surface area contributed by atoms with E-state index < -0.39 is 5.97 Å². The molecule has 2 heterocycles. The molecule has 0 atom stereocenters. The van der Waals surface area contributed by atoms with E-state index in [0.29, 0.717) is 27.1 Å². The van der Waals surface area contributed by atoms with Gasteiger partial charge < -0.3 is 18.8 Å². The Bertz CT molecular complexity index is 1170. The largest absolute Gasteiger partial charge is 0.454 e. The van der Waals surface area contributed by atoms with Gasteiger partial charge in [-0.15, -0.1) is 0 Å². The van der Waals surface area contributed by atoms with Crippen molar-refractivity contribution in [2.24, 2.45) is 0 Å². The van der Waals surface area contributed by atoms with Crippen LogP contribution >= 0.6 is 23.2 Å². The van der Waals surface area contributed by atoms with Crippen LogP contribution < -0.4 is 9.47 Å². The second-order valence-electron chi connectivity index (χ2n) is 6.79. The van der Waals surface area contributed by atoms with Crippen molar-refractivity contribution < 1.29 is 23.8 Å². The molecule has 0 N–H and O–H groups in total. The second kappa shape index (κ2) is 8.05. The van der Waals surface area contributed by atoms with Gasteiger partial charge in [0.25, 0.3) is 0 Å². The summed E-state index contributed by atoms with van der Waals surface area (Å²) < 4.78 is 17.6. The lowest BCUT2D eigenvalue weighted by Crippen LogP contribution is -2.15. The number of rotatable bonds is 5. The van der Waals surface area contributed by atoms with E-state index in [1.54, 1.807) is 30.3 Å². The Kier molecular flexibility index (Phi) is 5.45. The van der Waals surface area contributed by atoms with Gasteiger partial charge in [-0.25, -0.2) is 4.79 Å². The molecule has 0 bridgehead atoms. The van der Waals surface area contributed by atoms with Crippen molar-refractivity contribution >= 4 is 35.0 Å². The average molecular weight is 446 g/mol. The molecule has 0 spiro atoms. The van der Waals surface area contributed by atoms with Gasteiger partial charge in [0.1, 0.15) is 0 Å². The molecule has 1 aromatic heterocycles. The molecule has 1 aliphatic heterocycles. The SMILES string of the molecule is Cc1cc(C(=O)COC(=O)c2ccc3c(c2)OCO3)c(C)n1-c1ccc(Cl)c(Cl)c1. The number of Topliss-reactive ketones (excluding diaryl/α,β-unsaturated/α-hetero) is 1. The van der Waals surface area contributed by atoms with Crippen LogP contribution in [0.25, 0.3) is 5.69 Å². The molecule has 1 aliphatic rings. The maximum atomic E-state index is 12.7. The Morgan fingerprint density at radius 3 is 2.53 bits per heavy atom. The molecule has 6 nitrogen and oxygen atoms in total. The number of hydrogen-bond acceptors (Lipinski definition) is 5. The summed E-state index contributed by atoms with van der Waals surface area (Å²) in [6.45, 7) is 3.44. The molecule has 0 saturated carbocycles. The van der Waals surface area contributed by atoms with Crippen LogP contribution in [0.1, 0.15) is 32.1 Å². The number of carbonyl (C=O) groups is 2. The van der Waals surface area contributed by atoms with Crippen molar-refractivity contribution in [1.29, 1.82) is 0 Å². The lowest BCUT2D eigenvalue weighted by Gasteiger charge is -2.11. The van der Waals surface area contributed by atoms with Gasteiger partial charge in [-0.1, -0.05) is 23.2 Å². The Hall–Kier alpha value is -2.96. The molecule has 30 heavy (non-hydrogen) atoms. The van der Waals surface area contributed by atoms with E-state index in [4.69, 9.17) is 37.4 Å². The number of hydrogen-bond donors (Lipinski definition) is 0. The Morgan fingerprint density at radius 1 is 1.00 bits per heavy atom. The molecule has 0 saturated heterocycles. The summed E-state index contributed by atoms with van der Waals surface area (Å²) in [4.78, 5) is 25.0. The smallest absolute Gasteiger partial charge is 0.338 e. The molecule has 2 aromatic carbocycles. The van der Waals surface area contributed by atoms with Crippen LogP contribution in [-0.4, -0.2) is 29.7 Å². The van der Waals surface area contributed by atoms with E-state index in [9.17, 15) is 9.59 Å². The normalized spacial score (nSPS) is 12.1. The maximum absolute atomic E-state index is 12.7. The number of nitrogens with zero attached hydrogens (tertiary/aromatic N) is 1. The van der Waals surface area contributed by atoms with E-state index in [-0.39, 0.29) is 24.7 Å². The molecule has 4 rings (SSSR count). The molecule has 8 heteroatoms. The van der Waals surface area contributed by atoms with E-state index in [1.807, 2.05) is 24.5 Å². The lowest BCUT2D eigenvalue weighted by atomic mass is 10.1. The first-order valence-electron chi connectivity index (χ1n) is 9.09. The summed E-state index contributed by atoms with van der Waals surface area (Å²) in [5, 5.41) is 0.877. The monoisotopic (exact) mass is 445 g/mol. The Balaban J connectivity index is 1.50. The quantitative estimate of drug-likeness (QED) is 0.400. The van der Waals surface area contributed by atoms with Gasteiger partial charge in [0.05, 0.1) is 15.6 Å². The molecule has 0 fully saturated rings. The van der Waals surface area contributed by atoms with E-state index in [2.05, 4.69) is 0 Å². The highest BCUT2D eigenvalue weighted by molar-refractivity contribution is 6.42. The van der Waals surface area contributed by atoms with E-state index in [1.165, 1.54) is 6.07 Å². The zero-order valence-corrected chi connectivity index (χ0v) is 17.7. The number of fused-ring (bicyclic) bond motifs is 1. The minimum atomic E-state index is -0.611. The molecule has 0 unspecified atom stereocenters. The van der Waals surface area contributed by atoms with Gasteiger partial charge >= 0.3 is 5.97 Å². The number of benzene rings is 2. The van der Waals surface area contributed by atoms with Crippen LogP contribution in [0.4, 0.5) is 0 Å². The van der Waals surface area contributed by atoms with Crippen molar-refractivity contribution in [2.45, 2.75) is 13.8 Å². The number of aryl methyl sites for hydroxylation is 1. The second-order valence-corrected chi connectivity index (χ2v) is 7.60. The van der Waals surface area contributed by atoms with Crippen LogP contribution in [0, 0.1) is 13.8 Å². The third kappa shape index (κ3) is 3.76. The molecule has 154 valence electrons. The topological polar surface area (TPSA) is 66.8 Å². The average Bonchev–Trinajstić information content (AvgIpc) is 3.31. The zero-order valence-electron chi connectivity index (χ0n) is 16.2. The van der Waals surface area contributed by atoms with E-state index >= 15 is 0 Å². The summed E-state index contributed by atoms with van der Waals surface area (Å²) in [6, 6.07) is 11.7. The Morgan fingerprint density at radius 2 is 1.77 bits per heavy atom. The minimum absolute atomic E-state index is 0.112. The summed E-state index contributed by atoms with van der Waals surface area (Å²) in [7, 11) is 0. The maximum Gasteiger partial charge on any atom is 0.338 e. The molecule has 3 aromatic rings. The van der Waals surface area contributed by atoms with Crippen LogP contribution in [0.3, 0.4) is 0 Å². The van der Waals surface area contributed by atoms with Crippen LogP contribution in [0.5, 0.6) is 11.5 Å². The Labute approximate surface area is 182 Å². The number of halogens is 2. The first-order valence-corrected chi connectivity index (χ1v) is 9.85. The van der Waals surface area contributed by atoms with Crippen LogP contribution in [0.2, 0.25) is 10.0 Å². The lowest BCUT2D eigenvalue weighted by molar-refractivity contribution is 0.0474. The number of carbonyl (C=O) groups excluding carboxylic acids is 2. The van der Waals surface area contributed by atoms with E-state index in [0.717, 1.165) is 17.1 Å². The van der Waals surface area contributed by atoms with Crippen molar-refractivity contribution in [2.75, 3.05) is 13.4 Å².